The Kier molecular flexibility index (Phi) is 3.93. The highest BCUT2D eigenvalue weighted by molar-refractivity contribution is 5.09. The summed E-state index contributed by atoms with van der Waals surface area (Å²) in [6.07, 6.45) is 4.18. The van der Waals surface area contributed by atoms with Gasteiger partial charge in [-0.3, -0.25) is 9.88 Å². The first-order chi connectivity index (χ1) is 10.8. The minimum absolute atomic E-state index is 0.222. The van der Waals surface area contributed by atoms with Crippen molar-refractivity contribution in [1.29, 1.82) is 0 Å². The van der Waals surface area contributed by atoms with Gasteiger partial charge in [0.05, 0.1) is 32.1 Å². The Labute approximate surface area is 132 Å². The molecule has 2 aliphatic heterocycles. The fourth-order valence-corrected chi connectivity index (χ4v) is 4.15. The summed E-state index contributed by atoms with van der Waals surface area (Å²) in [5, 5.41) is 0. The smallest absolute Gasteiger partial charge is 0.0888 e. The number of aryl methyl sites for hydroxylation is 1. The minimum atomic E-state index is 0.222. The maximum Gasteiger partial charge on any atom is 0.0888 e. The number of aromatic nitrogens is 1. The van der Waals surface area contributed by atoms with Crippen LogP contribution in [0.15, 0.2) is 18.2 Å². The van der Waals surface area contributed by atoms with Gasteiger partial charge in [-0.15, -0.1) is 0 Å². The normalized spacial score (nSPS) is 32.1. The Morgan fingerprint density at radius 3 is 3.09 bits per heavy atom. The van der Waals surface area contributed by atoms with Crippen LogP contribution in [0.1, 0.15) is 30.7 Å². The Morgan fingerprint density at radius 2 is 2.32 bits per heavy atom. The van der Waals surface area contributed by atoms with Crippen LogP contribution in [-0.4, -0.2) is 48.8 Å². The Balaban J connectivity index is 1.36. The van der Waals surface area contributed by atoms with E-state index in [0.29, 0.717) is 12.5 Å². The highest BCUT2D eigenvalue weighted by Crippen LogP contribution is 2.44. The van der Waals surface area contributed by atoms with E-state index < -0.39 is 0 Å². The van der Waals surface area contributed by atoms with E-state index in [-0.39, 0.29) is 5.41 Å². The average Bonchev–Trinajstić information content (AvgIpc) is 2.93. The lowest BCUT2D eigenvalue weighted by Crippen LogP contribution is -2.41. The van der Waals surface area contributed by atoms with Crippen LogP contribution in [0, 0.1) is 18.3 Å². The molecule has 2 saturated heterocycles. The summed E-state index contributed by atoms with van der Waals surface area (Å²) in [5.41, 5.74) is 2.30. The fourth-order valence-electron chi connectivity index (χ4n) is 4.15. The largest absolute Gasteiger partial charge is 0.380 e. The molecule has 1 aromatic rings. The van der Waals surface area contributed by atoms with Gasteiger partial charge in [0.25, 0.3) is 0 Å². The molecule has 0 unspecified atom stereocenters. The van der Waals surface area contributed by atoms with E-state index in [2.05, 4.69) is 16.0 Å². The van der Waals surface area contributed by atoms with E-state index in [1.165, 1.54) is 25.8 Å². The molecule has 3 heterocycles. The van der Waals surface area contributed by atoms with Crippen molar-refractivity contribution in [2.75, 3.05) is 32.9 Å². The summed E-state index contributed by atoms with van der Waals surface area (Å²) >= 11 is 0. The second kappa shape index (κ2) is 5.91. The van der Waals surface area contributed by atoms with Crippen molar-refractivity contribution in [3.05, 3.63) is 29.6 Å². The molecule has 4 heteroatoms. The standard InChI is InChI=1S/C18H26N2O2/c1-14-4-2-5-16(19-14)10-22-13-18-11-20(17-6-3-7-17)8-15(18)9-21-12-18/h2,4-5,15,17H,3,6-13H2,1H3/t15-,18+/m1/s1. The number of pyridine rings is 1. The van der Waals surface area contributed by atoms with Crippen molar-refractivity contribution in [3.8, 4) is 0 Å². The molecule has 0 radical (unpaired) electrons. The van der Waals surface area contributed by atoms with E-state index in [9.17, 15) is 0 Å². The third-order valence-corrected chi connectivity index (χ3v) is 5.72. The van der Waals surface area contributed by atoms with Gasteiger partial charge in [0, 0.05) is 36.2 Å². The zero-order chi connectivity index (χ0) is 15.0. The van der Waals surface area contributed by atoms with Crippen LogP contribution in [-0.2, 0) is 16.1 Å². The molecule has 1 aromatic heterocycles. The van der Waals surface area contributed by atoms with E-state index in [1.807, 2.05) is 19.1 Å². The van der Waals surface area contributed by atoms with Gasteiger partial charge in [-0.2, -0.15) is 0 Å². The summed E-state index contributed by atoms with van der Waals surface area (Å²) in [6.45, 7) is 7.57. The molecule has 0 spiro atoms. The number of ether oxygens (including phenoxy) is 2. The van der Waals surface area contributed by atoms with Gasteiger partial charge in [-0.1, -0.05) is 12.5 Å². The van der Waals surface area contributed by atoms with Crippen LogP contribution >= 0.6 is 0 Å². The molecular formula is C18H26N2O2. The second-order valence-corrected chi connectivity index (χ2v) is 7.35. The van der Waals surface area contributed by atoms with Crippen LogP contribution in [0.4, 0.5) is 0 Å². The summed E-state index contributed by atoms with van der Waals surface area (Å²) in [6, 6.07) is 6.95. The van der Waals surface area contributed by atoms with Gasteiger partial charge in [0.15, 0.2) is 0 Å². The van der Waals surface area contributed by atoms with Crippen molar-refractivity contribution in [2.24, 2.45) is 11.3 Å². The summed E-state index contributed by atoms with van der Waals surface area (Å²) in [5.74, 6) is 0.651. The molecule has 120 valence electrons. The zero-order valence-corrected chi connectivity index (χ0v) is 13.5. The molecule has 1 saturated carbocycles. The molecule has 4 nitrogen and oxygen atoms in total. The van der Waals surface area contributed by atoms with Gasteiger partial charge >= 0.3 is 0 Å². The lowest BCUT2D eigenvalue weighted by molar-refractivity contribution is 0.0111. The van der Waals surface area contributed by atoms with E-state index >= 15 is 0 Å². The van der Waals surface area contributed by atoms with Crippen LogP contribution in [0.3, 0.4) is 0 Å². The SMILES string of the molecule is Cc1cccc(COC[C@]23COC[C@H]2CN(C2CCC2)C3)n1. The Morgan fingerprint density at radius 1 is 1.41 bits per heavy atom. The first kappa shape index (κ1) is 14.6. The highest BCUT2D eigenvalue weighted by Gasteiger charge is 2.52. The zero-order valence-electron chi connectivity index (χ0n) is 13.5. The number of hydrogen-bond acceptors (Lipinski definition) is 4. The van der Waals surface area contributed by atoms with E-state index in [4.69, 9.17) is 9.47 Å². The van der Waals surface area contributed by atoms with Crippen molar-refractivity contribution in [3.63, 3.8) is 0 Å². The van der Waals surface area contributed by atoms with Crippen LogP contribution < -0.4 is 0 Å². The third kappa shape index (κ3) is 2.68. The van der Waals surface area contributed by atoms with Gasteiger partial charge in [-0.25, -0.2) is 0 Å². The molecule has 3 aliphatic rings. The monoisotopic (exact) mass is 302 g/mol. The lowest BCUT2D eigenvalue weighted by atomic mass is 9.82. The predicted molar refractivity (Wildman–Crippen MR) is 84.6 cm³/mol. The van der Waals surface area contributed by atoms with Crippen molar-refractivity contribution >= 4 is 0 Å². The molecule has 0 aromatic carbocycles. The molecule has 0 amide bonds. The van der Waals surface area contributed by atoms with Crippen LogP contribution in [0.2, 0.25) is 0 Å². The molecule has 3 fully saturated rings. The first-order valence-electron chi connectivity index (χ1n) is 8.57. The topological polar surface area (TPSA) is 34.6 Å². The molecule has 4 rings (SSSR count). The maximum absolute atomic E-state index is 6.07. The van der Waals surface area contributed by atoms with Gasteiger partial charge in [0.1, 0.15) is 0 Å². The second-order valence-electron chi connectivity index (χ2n) is 7.35. The number of likely N-dealkylation sites (tertiary alicyclic amines) is 1. The fraction of sp³-hybridized carbons (Fsp3) is 0.722. The Bertz CT molecular complexity index is 532. The van der Waals surface area contributed by atoms with Crippen molar-refractivity contribution < 1.29 is 9.47 Å². The molecule has 1 aliphatic carbocycles. The first-order valence-corrected chi connectivity index (χ1v) is 8.57. The van der Waals surface area contributed by atoms with Gasteiger partial charge < -0.3 is 9.47 Å². The molecule has 0 bridgehead atoms. The summed E-state index contributed by atoms with van der Waals surface area (Å²) < 4.78 is 11.9. The third-order valence-electron chi connectivity index (χ3n) is 5.72. The Hall–Kier alpha value is -0.970. The number of rotatable bonds is 5. The number of nitrogens with zero attached hydrogens (tertiary/aromatic N) is 2. The summed E-state index contributed by atoms with van der Waals surface area (Å²) in [7, 11) is 0. The number of hydrogen-bond donors (Lipinski definition) is 0. The lowest BCUT2D eigenvalue weighted by Gasteiger charge is -2.36. The minimum Gasteiger partial charge on any atom is -0.380 e. The maximum atomic E-state index is 6.07. The van der Waals surface area contributed by atoms with Gasteiger partial charge in [-0.05, 0) is 31.9 Å². The quantitative estimate of drug-likeness (QED) is 0.836. The molecular weight excluding hydrogens is 276 g/mol. The van der Waals surface area contributed by atoms with Crippen molar-refractivity contribution in [1.82, 2.24) is 9.88 Å². The number of fused-ring (bicyclic) bond motifs is 1. The highest BCUT2D eigenvalue weighted by atomic mass is 16.5. The summed E-state index contributed by atoms with van der Waals surface area (Å²) in [4.78, 5) is 7.22. The molecule has 0 N–H and O–H groups in total. The average molecular weight is 302 g/mol. The van der Waals surface area contributed by atoms with E-state index in [0.717, 1.165) is 43.8 Å². The van der Waals surface area contributed by atoms with Crippen molar-refractivity contribution in [2.45, 2.75) is 38.8 Å². The van der Waals surface area contributed by atoms with Crippen LogP contribution in [0.5, 0.6) is 0 Å². The van der Waals surface area contributed by atoms with E-state index in [1.54, 1.807) is 0 Å². The molecule has 22 heavy (non-hydrogen) atoms. The van der Waals surface area contributed by atoms with Crippen LogP contribution in [0.25, 0.3) is 0 Å². The molecule has 2 atom stereocenters. The predicted octanol–water partition coefficient (Wildman–Crippen LogP) is 2.41. The van der Waals surface area contributed by atoms with Gasteiger partial charge in [0.2, 0.25) is 0 Å².